The molecule has 3 aromatic rings. The number of nitrogens with one attached hydrogen (secondary N) is 2. The summed E-state index contributed by atoms with van der Waals surface area (Å²) in [6.45, 7) is 0.568. The number of rotatable bonds is 3. The van der Waals surface area contributed by atoms with Crippen LogP contribution in [0.3, 0.4) is 0 Å². The molecule has 1 atom stereocenters. The van der Waals surface area contributed by atoms with Gasteiger partial charge in [0, 0.05) is 36.1 Å². The van der Waals surface area contributed by atoms with Gasteiger partial charge in [0.05, 0.1) is 7.11 Å². The maximum Gasteiger partial charge on any atom is 0.271 e. The molecule has 1 aromatic carbocycles. The van der Waals surface area contributed by atoms with Crippen LogP contribution in [0.4, 0.5) is 0 Å². The number of methoxy groups -OCH3 is 1. The van der Waals surface area contributed by atoms with E-state index >= 15 is 0 Å². The molecule has 2 N–H and O–H groups in total. The van der Waals surface area contributed by atoms with Crippen LogP contribution < -0.4 is 10.1 Å². The molecule has 0 saturated heterocycles. The number of ether oxygens (including phenoxy) is 1. The predicted octanol–water partition coefficient (Wildman–Crippen LogP) is 2.55. The van der Waals surface area contributed by atoms with Gasteiger partial charge in [0.2, 0.25) is 0 Å². The molecule has 0 aliphatic carbocycles. The topological polar surface area (TPSA) is 79.9 Å². The summed E-state index contributed by atoms with van der Waals surface area (Å²) in [6, 6.07) is 11.7. The SMILES string of the molecule is COc1cccc(C2CNC(=O)c3nc(-c4cccnc4)[nH]c3C2)c1. The van der Waals surface area contributed by atoms with Crippen molar-refractivity contribution < 1.29 is 9.53 Å². The monoisotopic (exact) mass is 334 g/mol. The largest absolute Gasteiger partial charge is 0.497 e. The maximum absolute atomic E-state index is 12.4. The zero-order valence-corrected chi connectivity index (χ0v) is 13.8. The highest BCUT2D eigenvalue weighted by Gasteiger charge is 2.26. The lowest BCUT2D eigenvalue weighted by atomic mass is 9.94. The van der Waals surface area contributed by atoms with Crippen LogP contribution in [0.5, 0.6) is 5.75 Å². The lowest BCUT2D eigenvalue weighted by Crippen LogP contribution is -2.26. The van der Waals surface area contributed by atoms with Crippen molar-refractivity contribution >= 4 is 5.91 Å². The van der Waals surface area contributed by atoms with Crippen molar-refractivity contribution in [2.24, 2.45) is 0 Å². The van der Waals surface area contributed by atoms with Gasteiger partial charge in [-0.3, -0.25) is 9.78 Å². The highest BCUT2D eigenvalue weighted by molar-refractivity contribution is 5.94. The molecule has 1 unspecified atom stereocenters. The van der Waals surface area contributed by atoms with Gasteiger partial charge in [0.1, 0.15) is 17.3 Å². The van der Waals surface area contributed by atoms with Crippen LogP contribution >= 0.6 is 0 Å². The lowest BCUT2D eigenvalue weighted by molar-refractivity contribution is 0.0950. The van der Waals surface area contributed by atoms with Gasteiger partial charge in [0.25, 0.3) is 5.91 Å². The smallest absolute Gasteiger partial charge is 0.271 e. The number of fused-ring (bicyclic) bond motifs is 1. The van der Waals surface area contributed by atoms with Gasteiger partial charge >= 0.3 is 0 Å². The highest BCUT2D eigenvalue weighted by atomic mass is 16.5. The van der Waals surface area contributed by atoms with Gasteiger partial charge < -0.3 is 15.0 Å². The standard InChI is InChI=1S/C19H18N4O2/c1-25-15-6-2-4-12(8-15)14-9-16-17(19(24)21-11-14)23-18(22-16)13-5-3-7-20-10-13/h2-8,10,14H,9,11H2,1H3,(H,21,24)(H,22,23). The number of H-pyrrole nitrogens is 1. The summed E-state index contributed by atoms with van der Waals surface area (Å²) >= 11 is 0. The van der Waals surface area contributed by atoms with E-state index in [1.165, 1.54) is 0 Å². The first kappa shape index (κ1) is 15.4. The van der Waals surface area contributed by atoms with Crippen LogP contribution in [0.1, 0.15) is 27.7 Å². The van der Waals surface area contributed by atoms with Crippen molar-refractivity contribution in [2.75, 3.05) is 13.7 Å². The molecule has 6 heteroatoms. The number of imidazole rings is 1. The average Bonchev–Trinajstić information content (AvgIpc) is 3.03. The van der Waals surface area contributed by atoms with Crippen LogP contribution in [-0.4, -0.2) is 34.5 Å². The molecule has 3 heterocycles. The molecule has 1 aliphatic rings. The van der Waals surface area contributed by atoms with Crippen molar-refractivity contribution in [2.45, 2.75) is 12.3 Å². The number of hydrogen-bond acceptors (Lipinski definition) is 4. The van der Waals surface area contributed by atoms with E-state index in [0.717, 1.165) is 22.6 Å². The third-order valence-electron chi connectivity index (χ3n) is 4.45. The highest BCUT2D eigenvalue weighted by Crippen LogP contribution is 2.28. The zero-order valence-electron chi connectivity index (χ0n) is 13.8. The minimum Gasteiger partial charge on any atom is -0.497 e. The summed E-state index contributed by atoms with van der Waals surface area (Å²) in [7, 11) is 1.65. The Morgan fingerprint density at radius 2 is 2.16 bits per heavy atom. The van der Waals surface area contributed by atoms with Gasteiger partial charge in [0.15, 0.2) is 0 Å². The summed E-state index contributed by atoms with van der Waals surface area (Å²) in [5, 5.41) is 2.97. The van der Waals surface area contributed by atoms with Crippen molar-refractivity contribution in [3.63, 3.8) is 0 Å². The number of benzene rings is 1. The van der Waals surface area contributed by atoms with Crippen LogP contribution in [0.15, 0.2) is 48.8 Å². The van der Waals surface area contributed by atoms with Crippen molar-refractivity contribution in [3.05, 3.63) is 65.7 Å². The summed E-state index contributed by atoms with van der Waals surface area (Å²) in [4.78, 5) is 24.3. The van der Waals surface area contributed by atoms with E-state index in [1.54, 1.807) is 19.5 Å². The molecule has 2 aromatic heterocycles. The lowest BCUT2D eigenvalue weighted by Gasteiger charge is -2.15. The molecule has 4 rings (SSSR count). The second kappa shape index (κ2) is 6.39. The van der Waals surface area contributed by atoms with Crippen molar-refractivity contribution in [1.29, 1.82) is 0 Å². The Balaban J connectivity index is 1.69. The molecule has 1 amide bonds. The summed E-state index contributed by atoms with van der Waals surface area (Å²) in [5.74, 6) is 1.49. The summed E-state index contributed by atoms with van der Waals surface area (Å²) in [5.41, 5.74) is 3.30. The Bertz CT molecular complexity index is 905. The number of amides is 1. The maximum atomic E-state index is 12.4. The van der Waals surface area contributed by atoms with Crippen LogP contribution in [0.25, 0.3) is 11.4 Å². The second-order valence-corrected chi connectivity index (χ2v) is 6.04. The van der Waals surface area contributed by atoms with E-state index < -0.39 is 0 Å². The third kappa shape index (κ3) is 2.98. The summed E-state index contributed by atoms with van der Waals surface area (Å²) in [6.07, 6.45) is 4.15. The van der Waals surface area contributed by atoms with E-state index in [1.807, 2.05) is 30.3 Å². The molecular formula is C19H18N4O2. The molecule has 0 radical (unpaired) electrons. The number of hydrogen-bond donors (Lipinski definition) is 2. The molecule has 1 aliphatic heterocycles. The fourth-order valence-electron chi connectivity index (χ4n) is 3.13. The van der Waals surface area contributed by atoms with E-state index in [2.05, 4.69) is 26.3 Å². The van der Waals surface area contributed by atoms with Gasteiger partial charge in [-0.1, -0.05) is 12.1 Å². The van der Waals surface area contributed by atoms with E-state index in [-0.39, 0.29) is 11.8 Å². The Hall–Kier alpha value is -3.15. The van der Waals surface area contributed by atoms with Crippen molar-refractivity contribution in [1.82, 2.24) is 20.3 Å². The second-order valence-electron chi connectivity index (χ2n) is 6.04. The van der Waals surface area contributed by atoms with Crippen LogP contribution in [0, 0.1) is 0 Å². The van der Waals surface area contributed by atoms with Gasteiger partial charge in [-0.2, -0.15) is 0 Å². The van der Waals surface area contributed by atoms with Gasteiger partial charge in [-0.05, 0) is 36.2 Å². The van der Waals surface area contributed by atoms with Crippen LogP contribution in [0.2, 0.25) is 0 Å². The molecular weight excluding hydrogens is 316 g/mol. The van der Waals surface area contributed by atoms with Crippen LogP contribution in [-0.2, 0) is 6.42 Å². The van der Waals surface area contributed by atoms with Gasteiger partial charge in [-0.15, -0.1) is 0 Å². The first-order valence-corrected chi connectivity index (χ1v) is 8.16. The molecule has 126 valence electrons. The minimum atomic E-state index is -0.146. The first-order chi connectivity index (χ1) is 12.2. The summed E-state index contributed by atoms with van der Waals surface area (Å²) < 4.78 is 5.32. The Labute approximate surface area is 145 Å². The first-order valence-electron chi connectivity index (χ1n) is 8.16. The Morgan fingerprint density at radius 3 is 2.96 bits per heavy atom. The number of aromatic amines is 1. The van der Waals surface area contributed by atoms with Crippen molar-refractivity contribution in [3.8, 4) is 17.1 Å². The quantitative estimate of drug-likeness (QED) is 0.771. The number of carbonyl (C=O) groups is 1. The fourth-order valence-corrected chi connectivity index (χ4v) is 3.13. The Kier molecular flexibility index (Phi) is 3.93. The zero-order chi connectivity index (χ0) is 17.2. The molecule has 25 heavy (non-hydrogen) atoms. The van der Waals surface area contributed by atoms with E-state index in [0.29, 0.717) is 24.5 Å². The fraction of sp³-hybridized carbons (Fsp3) is 0.211. The average molecular weight is 334 g/mol. The van der Waals surface area contributed by atoms with E-state index in [9.17, 15) is 4.79 Å². The number of carbonyl (C=O) groups excluding carboxylic acids is 1. The molecule has 6 nitrogen and oxygen atoms in total. The van der Waals surface area contributed by atoms with E-state index in [4.69, 9.17) is 4.74 Å². The molecule has 0 spiro atoms. The molecule has 0 saturated carbocycles. The minimum absolute atomic E-state index is 0.146. The normalized spacial score (nSPS) is 16.7. The molecule has 0 bridgehead atoms. The van der Waals surface area contributed by atoms with Gasteiger partial charge in [-0.25, -0.2) is 4.98 Å². The number of aromatic nitrogens is 3. The number of pyridine rings is 1. The predicted molar refractivity (Wildman–Crippen MR) is 93.6 cm³/mol. The Morgan fingerprint density at radius 1 is 1.24 bits per heavy atom. The number of nitrogens with zero attached hydrogens (tertiary/aromatic N) is 2. The third-order valence-corrected chi connectivity index (χ3v) is 4.45. The molecule has 0 fully saturated rings.